The molecule has 11 heteroatoms. The van der Waals surface area contributed by atoms with Gasteiger partial charge in [-0.05, 0) is 30.7 Å². The Kier molecular flexibility index (Phi) is 12.8. The fourth-order valence-corrected chi connectivity index (χ4v) is 8.38. The Morgan fingerprint density at radius 2 is 1.94 bits per heavy atom. The lowest BCUT2D eigenvalue weighted by Crippen LogP contribution is -2.60. The standard InChI is InChI=1S/C36H50BrN3O7/c1-6-9-14-19-39(18-8-3)35(45)32-36-20-25(37)31(47-36)29(30(36)34(44)40(32)27(21-41)23(4)5)33(43)38-26(24-15-12-11-13-16-24)22-46-28(42)17-10-7-2/h7-8,11-13,15-16,23,25-27,29-32,41H,2-3,6,9-10,14,17-22H2,1,4-5H3,(H,38,43)/t25?,26-,27+,29-,30+,31-,32-,36+/m1/s1. The molecule has 3 fully saturated rings. The molecule has 3 aliphatic heterocycles. The van der Waals surface area contributed by atoms with Gasteiger partial charge in [-0.25, -0.2) is 0 Å². The van der Waals surface area contributed by atoms with Crippen LogP contribution in [0.4, 0.5) is 0 Å². The lowest BCUT2D eigenvalue weighted by atomic mass is 9.70. The van der Waals surface area contributed by atoms with E-state index in [0.717, 1.165) is 24.8 Å². The molecule has 0 aromatic heterocycles. The van der Waals surface area contributed by atoms with Crippen LogP contribution in [0.25, 0.3) is 0 Å². The molecule has 3 amide bonds. The van der Waals surface area contributed by atoms with Gasteiger partial charge in [0.2, 0.25) is 17.7 Å². The fourth-order valence-electron chi connectivity index (χ4n) is 7.44. The maximum absolute atomic E-state index is 14.6. The van der Waals surface area contributed by atoms with E-state index in [4.69, 9.17) is 9.47 Å². The minimum Gasteiger partial charge on any atom is -0.463 e. The SMILES string of the molecule is C=CCCC(=O)OC[C@@H](NC(=O)[C@H]1[C@@H]2O[C@@]3(CC2Br)[C@@H]1C(=O)N([C@@H](CO)C(C)C)[C@@H]3C(=O)N(CC=C)CCCCC)c1ccccc1. The number of carbonyl (C=O) groups excluding carboxylic acids is 4. The first kappa shape index (κ1) is 36.8. The first-order chi connectivity index (χ1) is 22.6. The van der Waals surface area contributed by atoms with E-state index >= 15 is 0 Å². The van der Waals surface area contributed by atoms with Gasteiger partial charge in [0, 0.05) is 24.3 Å². The van der Waals surface area contributed by atoms with E-state index in [-0.39, 0.29) is 42.2 Å². The second kappa shape index (κ2) is 16.4. The summed E-state index contributed by atoms with van der Waals surface area (Å²) >= 11 is 3.74. The predicted octanol–water partition coefficient (Wildman–Crippen LogP) is 4.32. The summed E-state index contributed by atoms with van der Waals surface area (Å²) in [6.07, 6.45) is 6.41. The first-order valence-electron chi connectivity index (χ1n) is 16.8. The third-order valence-corrected chi connectivity index (χ3v) is 10.6. The van der Waals surface area contributed by atoms with Crippen LogP contribution in [0.5, 0.6) is 0 Å². The molecule has 0 aliphatic carbocycles. The van der Waals surface area contributed by atoms with E-state index in [2.05, 4.69) is 41.3 Å². The maximum Gasteiger partial charge on any atom is 0.306 e. The van der Waals surface area contributed by atoms with Crippen LogP contribution in [-0.4, -0.2) is 93.5 Å². The number of nitrogens with one attached hydrogen (secondary N) is 1. The number of hydrogen-bond acceptors (Lipinski definition) is 7. The number of allylic oxidation sites excluding steroid dienone is 1. The van der Waals surface area contributed by atoms with E-state index in [1.165, 1.54) is 4.90 Å². The Morgan fingerprint density at radius 3 is 2.55 bits per heavy atom. The van der Waals surface area contributed by atoms with Gasteiger partial charge in [-0.15, -0.1) is 13.2 Å². The fraction of sp³-hybridized carbons (Fsp3) is 0.611. The highest BCUT2D eigenvalue weighted by Crippen LogP contribution is 2.60. The van der Waals surface area contributed by atoms with Crippen LogP contribution in [0.1, 0.15) is 70.9 Å². The Morgan fingerprint density at radius 1 is 1.21 bits per heavy atom. The average molecular weight is 717 g/mol. The summed E-state index contributed by atoms with van der Waals surface area (Å²) in [6, 6.07) is 6.87. The van der Waals surface area contributed by atoms with Crippen LogP contribution in [0, 0.1) is 17.8 Å². The van der Waals surface area contributed by atoms with Crippen LogP contribution >= 0.6 is 15.9 Å². The third kappa shape index (κ3) is 7.52. The van der Waals surface area contributed by atoms with Crippen molar-refractivity contribution in [2.45, 2.75) is 94.0 Å². The van der Waals surface area contributed by atoms with Gasteiger partial charge < -0.3 is 29.7 Å². The number of esters is 1. The molecule has 0 saturated carbocycles. The van der Waals surface area contributed by atoms with E-state index in [1.807, 2.05) is 44.2 Å². The Labute approximate surface area is 287 Å². The normalized spacial score (nSPS) is 27.3. The van der Waals surface area contributed by atoms with Gasteiger partial charge in [0.1, 0.15) is 18.2 Å². The molecule has 1 spiro atoms. The number of ether oxygens (including phenoxy) is 2. The van der Waals surface area contributed by atoms with Gasteiger partial charge in [0.05, 0.1) is 36.6 Å². The van der Waals surface area contributed by atoms with Crippen LogP contribution in [0.2, 0.25) is 0 Å². The summed E-state index contributed by atoms with van der Waals surface area (Å²) in [5.41, 5.74) is -0.521. The number of carbonyl (C=O) groups is 4. The molecule has 2 N–H and O–H groups in total. The molecule has 8 atom stereocenters. The zero-order valence-corrected chi connectivity index (χ0v) is 29.4. The number of halogens is 1. The van der Waals surface area contributed by atoms with Gasteiger partial charge >= 0.3 is 5.97 Å². The summed E-state index contributed by atoms with van der Waals surface area (Å²) in [6.45, 7) is 13.8. The molecule has 1 aromatic carbocycles. The second-order valence-electron chi connectivity index (χ2n) is 13.2. The van der Waals surface area contributed by atoms with Crippen LogP contribution in [0.15, 0.2) is 55.6 Å². The highest BCUT2D eigenvalue weighted by molar-refractivity contribution is 9.09. The monoisotopic (exact) mass is 715 g/mol. The maximum atomic E-state index is 14.6. The molecule has 3 saturated heterocycles. The zero-order valence-electron chi connectivity index (χ0n) is 27.8. The summed E-state index contributed by atoms with van der Waals surface area (Å²) in [7, 11) is 0. The van der Waals surface area contributed by atoms with E-state index in [9.17, 15) is 24.3 Å². The number of fused-ring (bicyclic) bond motifs is 1. The quantitative estimate of drug-likeness (QED) is 0.100. The van der Waals surface area contributed by atoms with Gasteiger partial charge in [0.15, 0.2) is 0 Å². The summed E-state index contributed by atoms with van der Waals surface area (Å²) in [4.78, 5) is 58.8. The highest BCUT2D eigenvalue weighted by Gasteiger charge is 2.77. The average Bonchev–Trinajstić information content (AvgIpc) is 3.65. The second-order valence-corrected chi connectivity index (χ2v) is 14.3. The van der Waals surface area contributed by atoms with Crippen LogP contribution in [-0.2, 0) is 28.7 Å². The van der Waals surface area contributed by atoms with Crippen molar-refractivity contribution < 1.29 is 33.8 Å². The molecule has 258 valence electrons. The van der Waals surface area contributed by atoms with Crippen LogP contribution in [0.3, 0.4) is 0 Å². The lowest BCUT2D eigenvalue weighted by Gasteiger charge is -2.40. The predicted molar refractivity (Wildman–Crippen MR) is 182 cm³/mol. The van der Waals surface area contributed by atoms with Gasteiger partial charge in [-0.3, -0.25) is 19.2 Å². The lowest BCUT2D eigenvalue weighted by molar-refractivity contribution is -0.152. The molecule has 4 rings (SSSR count). The number of nitrogens with zero attached hydrogens (tertiary/aromatic N) is 2. The molecule has 2 bridgehead atoms. The number of aliphatic hydroxyl groups excluding tert-OH is 1. The Bertz CT molecular complexity index is 1290. The smallest absolute Gasteiger partial charge is 0.306 e. The zero-order chi connectivity index (χ0) is 34.3. The highest BCUT2D eigenvalue weighted by atomic mass is 79.9. The number of hydrogen-bond donors (Lipinski definition) is 2. The van der Waals surface area contributed by atoms with E-state index in [1.54, 1.807) is 17.1 Å². The number of rotatable bonds is 18. The van der Waals surface area contributed by atoms with Crippen molar-refractivity contribution in [2.75, 3.05) is 26.3 Å². The number of amides is 3. The molecule has 1 aromatic rings. The van der Waals surface area contributed by atoms with Gasteiger partial charge in [-0.1, -0.05) is 92.0 Å². The third-order valence-electron chi connectivity index (χ3n) is 9.75. The number of alkyl halides is 1. The van der Waals surface area contributed by atoms with E-state index < -0.39 is 53.5 Å². The van der Waals surface area contributed by atoms with Gasteiger partial charge in [0.25, 0.3) is 0 Å². The van der Waals surface area contributed by atoms with Crippen molar-refractivity contribution in [3.05, 3.63) is 61.2 Å². The minimum atomic E-state index is -1.26. The number of unbranched alkanes of at least 4 members (excludes halogenated alkanes) is 2. The largest absolute Gasteiger partial charge is 0.463 e. The Balaban J connectivity index is 1.70. The van der Waals surface area contributed by atoms with Crippen LogP contribution < -0.4 is 5.32 Å². The molecule has 0 radical (unpaired) electrons. The van der Waals surface area contributed by atoms with Gasteiger partial charge in [-0.2, -0.15) is 0 Å². The van der Waals surface area contributed by atoms with Crippen molar-refractivity contribution >= 4 is 39.6 Å². The molecule has 3 heterocycles. The van der Waals surface area contributed by atoms with Crippen molar-refractivity contribution in [1.29, 1.82) is 0 Å². The molecule has 1 unspecified atom stereocenters. The number of benzene rings is 1. The number of likely N-dealkylation sites (tertiary alicyclic amines) is 1. The van der Waals surface area contributed by atoms with E-state index in [0.29, 0.717) is 25.9 Å². The van der Waals surface area contributed by atoms with Crippen molar-refractivity contribution in [2.24, 2.45) is 17.8 Å². The summed E-state index contributed by atoms with van der Waals surface area (Å²) < 4.78 is 12.2. The minimum absolute atomic E-state index is 0.0904. The molecule has 47 heavy (non-hydrogen) atoms. The van der Waals surface area contributed by atoms with Crippen molar-refractivity contribution in [3.8, 4) is 0 Å². The molecule has 3 aliphatic rings. The molecular weight excluding hydrogens is 666 g/mol. The topological polar surface area (TPSA) is 125 Å². The molecular formula is C36H50BrN3O7. The first-order valence-corrected chi connectivity index (χ1v) is 17.7. The number of aliphatic hydroxyl groups is 1. The Hall–Kier alpha value is -3.02. The summed E-state index contributed by atoms with van der Waals surface area (Å²) in [5.74, 6) is -3.45. The van der Waals surface area contributed by atoms with Crippen molar-refractivity contribution in [1.82, 2.24) is 15.1 Å². The van der Waals surface area contributed by atoms with Crippen molar-refractivity contribution in [3.63, 3.8) is 0 Å². The molecule has 10 nitrogen and oxygen atoms in total. The summed E-state index contributed by atoms with van der Waals surface area (Å²) in [5, 5.41) is 13.6.